The van der Waals surface area contributed by atoms with Crippen LogP contribution in [-0.4, -0.2) is 35.6 Å². The lowest BCUT2D eigenvalue weighted by Gasteiger charge is -2.11. The summed E-state index contributed by atoms with van der Waals surface area (Å²) in [6, 6.07) is 4.31. The maximum Gasteiger partial charge on any atom is 0.374 e. The lowest BCUT2D eigenvalue weighted by Crippen LogP contribution is -1.93. The van der Waals surface area contributed by atoms with E-state index in [0.717, 1.165) is 0 Å². The molecule has 0 saturated heterocycles. The molecule has 2 aromatic rings. The normalized spacial score (nSPS) is 10.2. The minimum absolute atomic E-state index is 0.139. The van der Waals surface area contributed by atoms with Crippen molar-refractivity contribution < 1.29 is 29.0 Å². The maximum absolute atomic E-state index is 10.7. The Morgan fingerprint density at radius 3 is 2.58 bits per heavy atom. The summed E-state index contributed by atoms with van der Waals surface area (Å²) in [6.45, 7) is 0. The van der Waals surface area contributed by atoms with Gasteiger partial charge in [-0.15, -0.1) is 0 Å². The molecule has 2 N–H and O–H groups in total. The summed E-state index contributed by atoms with van der Waals surface area (Å²) in [5, 5.41) is 22.4. The summed E-state index contributed by atoms with van der Waals surface area (Å²) in [4.78, 5) is 10.7. The molecule has 100 valence electrons. The van der Waals surface area contributed by atoms with Gasteiger partial charge in [-0.25, -0.2) is 4.79 Å². The topological polar surface area (TPSA) is 102 Å². The number of carboxylic acid groups (broad SMARTS) is 1. The number of hydrogen-bond acceptors (Lipinski definition) is 6. The van der Waals surface area contributed by atoms with Gasteiger partial charge in [0.2, 0.25) is 11.5 Å². The highest BCUT2D eigenvalue weighted by molar-refractivity contribution is 5.86. The van der Waals surface area contributed by atoms with Crippen LogP contribution in [0.4, 0.5) is 0 Å². The number of aromatic nitrogens is 1. The highest BCUT2D eigenvalue weighted by atomic mass is 16.5. The first-order chi connectivity index (χ1) is 9.08. The predicted molar refractivity (Wildman–Crippen MR) is 63.7 cm³/mol. The molecular formula is C12H11NO6. The largest absolute Gasteiger partial charge is 0.504 e. The van der Waals surface area contributed by atoms with Gasteiger partial charge in [0.15, 0.2) is 11.5 Å². The molecule has 19 heavy (non-hydrogen) atoms. The molecule has 0 atom stereocenters. The number of nitrogens with zero attached hydrogens (tertiary/aromatic N) is 1. The number of carboxylic acids is 1. The fourth-order valence-corrected chi connectivity index (χ4v) is 1.62. The zero-order chi connectivity index (χ0) is 14.0. The summed E-state index contributed by atoms with van der Waals surface area (Å²) in [5.41, 5.74) is 0.477. The quantitative estimate of drug-likeness (QED) is 0.868. The maximum atomic E-state index is 10.7. The minimum Gasteiger partial charge on any atom is -0.504 e. The summed E-state index contributed by atoms with van der Waals surface area (Å²) >= 11 is 0. The Bertz CT molecular complexity index is 619. The van der Waals surface area contributed by atoms with Gasteiger partial charge in [0, 0.05) is 11.6 Å². The van der Waals surface area contributed by atoms with E-state index in [9.17, 15) is 9.90 Å². The number of aromatic hydroxyl groups is 1. The Hall–Kier alpha value is -2.70. The van der Waals surface area contributed by atoms with E-state index in [2.05, 4.69) is 9.68 Å². The Balaban J connectivity index is 2.53. The van der Waals surface area contributed by atoms with E-state index in [1.165, 1.54) is 26.4 Å². The first-order valence-electron chi connectivity index (χ1n) is 5.22. The smallest absolute Gasteiger partial charge is 0.374 e. The van der Waals surface area contributed by atoms with Crippen molar-refractivity contribution in [2.45, 2.75) is 0 Å². The van der Waals surface area contributed by atoms with E-state index >= 15 is 0 Å². The van der Waals surface area contributed by atoms with E-state index in [0.29, 0.717) is 5.75 Å². The van der Waals surface area contributed by atoms with E-state index in [1.54, 1.807) is 6.07 Å². The number of benzene rings is 1. The summed E-state index contributed by atoms with van der Waals surface area (Å²) in [7, 11) is 2.82. The molecule has 0 aliphatic rings. The van der Waals surface area contributed by atoms with Gasteiger partial charge in [0.25, 0.3) is 0 Å². The van der Waals surface area contributed by atoms with Crippen LogP contribution in [0.25, 0.3) is 11.3 Å². The zero-order valence-corrected chi connectivity index (χ0v) is 10.2. The van der Waals surface area contributed by atoms with E-state index in [1.807, 2.05) is 0 Å². The molecule has 0 saturated carbocycles. The number of aromatic carboxylic acids is 1. The second-order valence-electron chi connectivity index (χ2n) is 3.58. The Morgan fingerprint density at radius 1 is 1.32 bits per heavy atom. The molecule has 0 amide bonds. The van der Waals surface area contributed by atoms with E-state index in [4.69, 9.17) is 14.6 Å². The molecule has 0 fully saturated rings. The summed E-state index contributed by atoms with van der Waals surface area (Å²) in [6.07, 6.45) is 0. The predicted octanol–water partition coefficient (Wildman–Crippen LogP) is 1.76. The van der Waals surface area contributed by atoms with Gasteiger partial charge in [0.05, 0.1) is 14.2 Å². The van der Waals surface area contributed by atoms with E-state index < -0.39 is 5.97 Å². The SMILES string of the molecule is COc1ccc(-c2cc(C(=O)O)on2)c(O)c1OC. The van der Waals surface area contributed by atoms with Crippen LogP contribution in [-0.2, 0) is 0 Å². The second kappa shape index (κ2) is 4.89. The molecule has 0 aliphatic heterocycles. The molecule has 0 bridgehead atoms. The average molecular weight is 265 g/mol. The van der Waals surface area contributed by atoms with Crippen LogP contribution in [0.2, 0.25) is 0 Å². The molecule has 0 unspecified atom stereocenters. The van der Waals surface area contributed by atoms with Crippen molar-refractivity contribution in [2.24, 2.45) is 0 Å². The molecule has 7 nitrogen and oxygen atoms in total. The molecule has 0 radical (unpaired) electrons. The summed E-state index contributed by atoms with van der Waals surface area (Å²) < 4.78 is 14.7. The van der Waals surface area contributed by atoms with Crippen LogP contribution >= 0.6 is 0 Å². The third-order valence-corrected chi connectivity index (χ3v) is 2.52. The van der Waals surface area contributed by atoms with Crippen molar-refractivity contribution in [1.29, 1.82) is 0 Å². The van der Waals surface area contributed by atoms with Crippen LogP contribution in [0.1, 0.15) is 10.6 Å². The number of phenolic OH excluding ortho intramolecular Hbond substituents is 1. The molecule has 1 aromatic carbocycles. The monoisotopic (exact) mass is 265 g/mol. The summed E-state index contributed by atoms with van der Waals surface area (Å²) in [5.74, 6) is -1.26. The molecule has 7 heteroatoms. The van der Waals surface area contributed by atoms with Crippen molar-refractivity contribution in [3.05, 3.63) is 24.0 Å². The Labute approximate surface area is 108 Å². The number of hydrogen-bond donors (Lipinski definition) is 2. The molecule has 0 aliphatic carbocycles. The molecule has 2 rings (SSSR count). The highest BCUT2D eigenvalue weighted by Crippen LogP contribution is 2.43. The van der Waals surface area contributed by atoms with E-state index in [-0.39, 0.29) is 28.5 Å². The van der Waals surface area contributed by atoms with Crippen LogP contribution < -0.4 is 9.47 Å². The van der Waals surface area contributed by atoms with Gasteiger partial charge in [-0.05, 0) is 12.1 Å². The van der Waals surface area contributed by atoms with Crippen molar-refractivity contribution in [1.82, 2.24) is 5.16 Å². The van der Waals surface area contributed by atoms with Gasteiger partial charge >= 0.3 is 5.97 Å². The van der Waals surface area contributed by atoms with Gasteiger partial charge in [0.1, 0.15) is 5.69 Å². The number of ether oxygens (including phenoxy) is 2. The standard InChI is InChI=1S/C12H11NO6/c1-17-8-4-3-6(10(14)11(8)18-2)7-5-9(12(15)16)19-13-7/h3-5,14H,1-2H3,(H,15,16). The van der Waals surface area contributed by atoms with Crippen LogP contribution in [0.15, 0.2) is 22.7 Å². The Morgan fingerprint density at radius 2 is 2.05 bits per heavy atom. The number of rotatable bonds is 4. The molecule has 1 aromatic heterocycles. The van der Waals surface area contributed by atoms with Gasteiger partial charge in [-0.1, -0.05) is 5.16 Å². The lowest BCUT2D eigenvalue weighted by atomic mass is 10.1. The second-order valence-corrected chi connectivity index (χ2v) is 3.58. The first-order valence-corrected chi connectivity index (χ1v) is 5.22. The third-order valence-electron chi connectivity index (χ3n) is 2.52. The fraction of sp³-hybridized carbons (Fsp3) is 0.167. The van der Waals surface area contributed by atoms with Crippen molar-refractivity contribution >= 4 is 5.97 Å². The van der Waals surface area contributed by atoms with Gasteiger partial charge in [-0.2, -0.15) is 0 Å². The lowest BCUT2D eigenvalue weighted by molar-refractivity contribution is 0.0652. The highest BCUT2D eigenvalue weighted by Gasteiger charge is 2.19. The van der Waals surface area contributed by atoms with Gasteiger partial charge < -0.3 is 24.2 Å². The van der Waals surface area contributed by atoms with Crippen molar-refractivity contribution in [2.75, 3.05) is 14.2 Å². The number of methoxy groups -OCH3 is 2. The molecule has 0 spiro atoms. The molecular weight excluding hydrogens is 254 g/mol. The molecule has 1 heterocycles. The Kier molecular flexibility index (Phi) is 3.28. The fourth-order valence-electron chi connectivity index (χ4n) is 1.62. The number of carbonyl (C=O) groups is 1. The van der Waals surface area contributed by atoms with Crippen molar-refractivity contribution in [3.8, 4) is 28.5 Å². The van der Waals surface area contributed by atoms with Crippen LogP contribution in [0.3, 0.4) is 0 Å². The van der Waals surface area contributed by atoms with Crippen LogP contribution in [0.5, 0.6) is 17.2 Å². The minimum atomic E-state index is -1.24. The third kappa shape index (κ3) is 2.17. The first kappa shape index (κ1) is 12.7. The average Bonchev–Trinajstić information content (AvgIpc) is 2.87. The van der Waals surface area contributed by atoms with Crippen molar-refractivity contribution in [3.63, 3.8) is 0 Å². The number of phenols is 1. The van der Waals surface area contributed by atoms with Gasteiger partial charge in [-0.3, -0.25) is 0 Å². The zero-order valence-electron chi connectivity index (χ0n) is 10.2. The van der Waals surface area contributed by atoms with Crippen LogP contribution in [0, 0.1) is 0 Å².